The van der Waals surface area contributed by atoms with Gasteiger partial charge in [0.05, 0.1) is 31.4 Å². The van der Waals surface area contributed by atoms with E-state index in [1.54, 1.807) is 0 Å². The van der Waals surface area contributed by atoms with Crippen LogP contribution in [0.5, 0.6) is 0 Å². The monoisotopic (exact) mass is 348 g/mol. The van der Waals surface area contributed by atoms with E-state index in [0.29, 0.717) is 5.69 Å². The molecule has 0 radical (unpaired) electrons. The quantitative estimate of drug-likeness (QED) is 0.808. The van der Waals surface area contributed by atoms with E-state index in [0.717, 1.165) is 19.4 Å². The maximum atomic E-state index is 12.7. The van der Waals surface area contributed by atoms with E-state index in [2.05, 4.69) is 10.6 Å². The van der Waals surface area contributed by atoms with Crippen LogP contribution in [0, 0.1) is 5.41 Å². The molecule has 7 nitrogen and oxygen atoms in total. The summed E-state index contributed by atoms with van der Waals surface area (Å²) in [6.45, 7) is 4.85. The molecular weight excluding hydrogens is 324 g/mol. The normalized spacial score (nSPS) is 19.0. The summed E-state index contributed by atoms with van der Waals surface area (Å²) in [6.07, 6.45) is 1.95. The number of rotatable bonds is 4. The Balaban J connectivity index is 2.29. The number of amides is 1. The summed E-state index contributed by atoms with van der Waals surface area (Å²) < 4.78 is 9.40. The molecule has 1 atom stereocenters. The van der Waals surface area contributed by atoms with Crippen LogP contribution in [-0.4, -0.2) is 44.7 Å². The minimum absolute atomic E-state index is 0.163. The molecule has 1 unspecified atom stereocenters. The maximum absolute atomic E-state index is 12.7. The molecule has 1 aliphatic rings. The number of piperidine rings is 1. The number of ether oxygens (including phenoxy) is 2. The van der Waals surface area contributed by atoms with Gasteiger partial charge < -0.3 is 20.1 Å². The van der Waals surface area contributed by atoms with Crippen LogP contribution in [-0.2, 0) is 14.3 Å². The maximum Gasteiger partial charge on any atom is 0.337 e. The van der Waals surface area contributed by atoms with Crippen LogP contribution < -0.4 is 10.6 Å². The standard InChI is InChI=1S/C18H24N2O5/c1-18(2)6-5-7-19-14(18)15(21)20-13-9-11(16(22)24-3)8-12(10-13)17(23)25-4/h8-10,14,19H,5-7H2,1-4H3,(H,20,21). The molecule has 0 aromatic heterocycles. The summed E-state index contributed by atoms with van der Waals surface area (Å²) in [7, 11) is 2.50. The number of methoxy groups -OCH3 is 2. The van der Waals surface area contributed by atoms with E-state index in [9.17, 15) is 14.4 Å². The topological polar surface area (TPSA) is 93.7 Å². The zero-order valence-corrected chi connectivity index (χ0v) is 15.0. The third-order valence-corrected chi connectivity index (χ3v) is 4.43. The average molecular weight is 348 g/mol. The van der Waals surface area contributed by atoms with Gasteiger partial charge in [-0.2, -0.15) is 0 Å². The van der Waals surface area contributed by atoms with Crippen molar-refractivity contribution in [3.8, 4) is 0 Å². The molecule has 25 heavy (non-hydrogen) atoms. The Morgan fingerprint density at radius 2 is 1.64 bits per heavy atom. The lowest BCUT2D eigenvalue weighted by atomic mass is 9.77. The molecule has 0 aliphatic carbocycles. The lowest BCUT2D eigenvalue weighted by Crippen LogP contribution is -2.53. The molecule has 7 heteroatoms. The number of anilines is 1. The zero-order chi connectivity index (χ0) is 18.6. The van der Waals surface area contributed by atoms with Crippen molar-refractivity contribution < 1.29 is 23.9 Å². The number of hydrogen-bond acceptors (Lipinski definition) is 6. The summed E-state index contributed by atoms with van der Waals surface area (Å²) in [6, 6.07) is 3.97. The van der Waals surface area contributed by atoms with Gasteiger partial charge >= 0.3 is 11.9 Å². The molecule has 1 fully saturated rings. The first-order valence-electron chi connectivity index (χ1n) is 8.14. The van der Waals surface area contributed by atoms with E-state index >= 15 is 0 Å². The van der Waals surface area contributed by atoms with Gasteiger partial charge in [0.1, 0.15) is 0 Å². The van der Waals surface area contributed by atoms with Crippen molar-refractivity contribution >= 4 is 23.5 Å². The Labute approximate surface area is 147 Å². The smallest absolute Gasteiger partial charge is 0.337 e. The Bertz CT molecular complexity index is 650. The van der Waals surface area contributed by atoms with E-state index in [1.165, 1.54) is 32.4 Å². The van der Waals surface area contributed by atoms with Crippen LogP contribution >= 0.6 is 0 Å². The Morgan fingerprint density at radius 1 is 1.08 bits per heavy atom. The molecule has 136 valence electrons. The number of nitrogens with one attached hydrogen (secondary N) is 2. The van der Waals surface area contributed by atoms with Gasteiger partial charge in [-0.3, -0.25) is 4.79 Å². The fourth-order valence-electron chi connectivity index (χ4n) is 3.04. The Kier molecular flexibility index (Phi) is 5.79. The molecule has 0 saturated carbocycles. The molecule has 1 aliphatic heterocycles. The molecule has 1 amide bonds. The molecular formula is C18H24N2O5. The highest BCUT2D eigenvalue weighted by Gasteiger charge is 2.37. The predicted octanol–water partition coefficient (Wildman–Crippen LogP) is 1.98. The van der Waals surface area contributed by atoms with Crippen molar-refractivity contribution in [3.05, 3.63) is 29.3 Å². The number of benzene rings is 1. The minimum atomic E-state index is -0.600. The molecule has 0 bridgehead atoms. The van der Waals surface area contributed by atoms with Crippen LogP contribution in [0.3, 0.4) is 0 Å². The van der Waals surface area contributed by atoms with Gasteiger partial charge in [-0.1, -0.05) is 13.8 Å². The van der Waals surface area contributed by atoms with E-state index < -0.39 is 11.9 Å². The SMILES string of the molecule is COC(=O)c1cc(NC(=O)C2NCCCC2(C)C)cc(C(=O)OC)c1. The van der Waals surface area contributed by atoms with Crippen LogP contribution in [0.4, 0.5) is 5.69 Å². The highest BCUT2D eigenvalue weighted by Crippen LogP contribution is 2.31. The molecule has 2 rings (SSSR count). The lowest BCUT2D eigenvalue weighted by Gasteiger charge is -2.38. The summed E-state index contributed by atoms with van der Waals surface area (Å²) in [5.74, 6) is -1.41. The van der Waals surface area contributed by atoms with Gasteiger partial charge in [-0.25, -0.2) is 9.59 Å². The highest BCUT2D eigenvalue weighted by atomic mass is 16.5. The van der Waals surface area contributed by atoms with Gasteiger partial charge in [-0.15, -0.1) is 0 Å². The van der Waals surface area contributed by atoms with Crippen molar-refractivity contribution in [2.45, 2.75) is 32.7 Å². The number of esters is 2. The largest absolute Gasteiger partial charge is 0.465 e. The zero-order valence-electron chi connectivity index (χ0n) is 15.0. The molecule has 1 aromatic carbocycles. The first-order valence-corrected chi connectivity index (χ1v) is 8.14. The van der Waals surface area contributed by atoms with E-state index in [4.69, 9.17) is 9.47 Å². The lowest BCUT2D eigenvalue weighted by molar-refractivity contribution is -0.121. The van der Waals surface area contributed by atoms with Crippen molar-refractivity contribution in [1.82, 2.24) is 5.32 Å². The van der Waals surface area contributed by atoms with Crippen molar-refractivity contribution in [2.24, 2.45) is 5.41 Å². The summed E-state index contributed by atoms with van der Waals surface area (Å²) in [5.41, 5.74) is 0.484. The van der Waals surface area contributed by atoms with Crippen molar-refractivity contribution in [3.63, 3.8) is 0 Å². The summed E-state index contributed by atoms with van der Waals surface area (Å²) >= 11 is 0. The first kappa shape index (κ1) is 18.9. The fourth-order valence-corrected chi connectivity index (χ4v) is 3.04. The second-order valence-electron chi connectivity index (χ2n) is 6.75. The van der Waals surface area contributed by atoms with Crippen LogP contribution in [0.15, 0.2) is 18.2 Å². The Morgan fingerprint density at radius 3 is 2.12 bits per heavy atom. The third kappa shape index (κ3) is 4.36. The molecule has 1 aromatic rings. The van der Waals surface area contributed by atoms with Crippen molar-refractivity contribution in [2.75, 3.05) is 26.1 Å². The molecule has 0 spiro atoms. The first-order chi connectivity index (χ1) is 11.8. The summed E-state index contributed by atoms with van der Waals surface area (Å²) in [4.78, 5) is 36.3. The second-order valence-corrected chi connectivity index (χ2v) is 6.75. The predicted molar refractivity (Wildman–Crippen MR) is 92.6 cm³/mol. The number of hydrogen-bond donors (Lipinski definition) is 2. The van der Waals surface area contributed by atoms with Crippen LogP contribution in [0.1, 0.15) is 47.4 Å². The van der Waals surface area contributed by atoms with Gasteiger partial charge in [-0.05, 0) is 43.0 Å². The third-order valence-electron chi connectivity index (χ3n) is 4.43. The van der Waals surface area contributed by atoms with Gasteiger partial charge in [0.25, 0.3) is 0 Å². The highest BCUT2D eigenvalue weighted by molar-refractivity contribution is 6.00. The molecule has 2 N–H and O–H groups in total. The number of carbonyl (C=O) groups excluding carboxylic acids is 3. The number of carbonyl (C=O) groups is 3. The molecule has 1 saturated heterocycles. The van der Waals surface area contributed by atoms with Gasteiger partial charge in [0.2, 0.25) is 5.91 Å². The average Bonchev–Trinajstić information content (AvgIpc) is 2.59. The van der Waals surface area contributed by atoms with Gasteiger partial charge in [0, 0.05) is 5.69 Å². The van der Waals surface area contributed by atoms with E-state index in [-0.39, 0.29) is 28.5 Å². The van der Waals surface area contributed by atoms with Crippen LogP contribution in [0.25, 0.3) is 0 Å². The fraction of sp³-hybridized carbons (Fsp3) is 0.500. The van der Waals surface area contributed by atoms with Gasteiger partial charge in [0.15, 0.2) is 0 Å². The minimum Gasteiger partial charge on any atom is -0.465 e. The van der Waals surface area contributed by atoms with E-state index in [1.807, 2.05) is 13.8 Å². The van der Waals surface area contributed by atoms with Crippen molar-refractivity contribution in [1.29, 1.82) is 0 Å². The summed E-state index contributed by atoms with van der Waals surface area (Å²) in [5, 5.41) is 6.02. The molecule has 1 heterocycles. The second kappa shape index (κ2) is 7.65. The van der Waals surface area contributed by atoms with Crippen LogP contribution in [0.2, 0.25) is 0 Å². The Hall–Kier alpha value is -2.41.